The molecule has 0 aliphatic heterocycles. The molecule has 8 nitrogen and oxygen atoms in total. The first-order chi connectivity index (χ1) is 18.2. The highest BCUT2D eigenvalue weighted by Crippen LogP contribution is 2.39. The average molecular weight is 525 g/mol. The fraction of sp³-hybridized carbons (Fsp3) is 0.207. The zero-order chi connectivity index (χ0) is 26.5. The summed E-state index contributed by atoms with van der Waals surface area (Å²) >= 11 is 0. The van der Waals surface area contributed by atoms with Crippen molar-refractivity contribution in [2.75, 3.05) is 12.0 Å². The highest BCUT2D eigenvalue weighted by molar-refractivity contribution is 7.89. The van der Waals surface area contributed by atoms with Crippen LogP contribution in [0.5, 0.6) is 0 Å². The summed E-state index contributed by atoms with van der Waals surface area (Å²) in [4.78, 5) is 14.2. The van der Waals surface area contributed by atoms with Crippen molar-refractivity contribution < 1.29 is 8.42 Å². The number of hydrogen-bond acceptors (Lipinski definition) is 7. The molecule has 4 N–H and O–H groups in total. The van der Waals surface area contributed by atoms with Gasteiger partial charge >= 0.3 is 0 Å². The molecule has 1 saturated carbocycles. The van der Waals surface area contributed by atoms with E-state index in [0.29, 0.717) is 39.6 Å². The summed E-state index contributed by atoms with van der Waals surface area (Å²) in [6.45, 7) is 0. The van der Waals surface area contributed by atoms with Crippen LogP contribution in [-0.2, 0) is 21.1 Å². The smallest absolute Gasteiger partial charge is 0.165 e. The molecule has 6 rings (SSSR count). The topological polar surface area (TPSA) is 130 Å². The number of fused-ring (bicyclic) bond motifs is 1. The van der Waals surface area contributed by atoms with Crippen molar-refractivity contribution in [3.8, 4) is 28.3 Å². The third-order valence-electron chi connectivity index (χ3n) is 7.18. The highest BCUT2D eigenvalue weighted by atomic mass is 32.2. The van der Waals surface area contributed by atoms with Crippen molar-refractivity contribution in [3.63, 3.8) is 0 Å². The van der Waals surface area contributed by atoms with Gasteiger partial charge in [-0.05, 0) is 72.9 Å². The molecule has 0 unspecified atom stereocenters. The van der Waals surface area contributed by atoms with Crippen molar-refractivity contribution in [2.45, 2.75) is 30.6 Å². The molecule has 1 aliphatic carbocycles. The number of anilines is 1. The number of pyridine rings is 2. The van der Waals surface area contributed by atoms with Crippen LogP contribution >= 0.6 is 0 Å². The van der Waals surface area contributed by atoms with Crippen molar-refractivity contribution in [3.05, 3.63) is 90.1 Å². The lowest BCUT2D eigenvalue weighted by Gasteiger charge is -2.38. The van der Waals surface area contributed by atoms with Crippen LogP contribution < -0.4 is 11.5 Å². The van der Waals surface area contributed by atoms with Gasteiger partial charge in [-0.2, -0.15) is 0 Å². The molecule has 3 aromatic heterocycles. The van der Waals surface area contributed by atoms with Crippen LogP contribution in [-0.4, -0.2) is 34.2 Å². The molecule has 1 aliphatic rings. The summed E-state index contributed by atoms with van der Waals surface area (Å²) < 4.78 is 25.7. The number of nitrogen functional groups attached to an aromatic ring is 1. The summed E-state index contributed by atoms with van der Waals surface area (Å²) in [5.74, 6) is 0.991. The van der Waals surface area contributed by atoms with Crippen LogP contribution in [0.4, 0.5) is 5.82 Å². The monoisotopic (exact) mass is 524 g/mol. The molecular weight excluding hydrogens is 496 g/mol. The van der Waals surface area contributed by atoms with Crippen LogP contribution in [0.2, 0.25) is 0 Å². The third kappa shape index (κ3) is 4.44. The Morgan fingerprint density at radius 1 is 0.974 bits per heavy atom. The van der Waals surface area contributed by atoms with E-state index in [2.05, 4.69) is 17.1 Å². The lowest BCUT2D eigenvalue weighted by Crippen LogP contribution is -2.43. The van der Waals surface area contributed by atoms with Gasteiger partial charge in [0.15, 0.2) is 21.3 Å². The van der Waals surface area contributed by atoms with Gasteiger partial charge in [0.1, 0.15) is 11.3 Å². The largest absolute Gasteiger partial charge is 0.383 e. The van der Waals surface area contributed by atoms with Crippen LogP contribution in [0, 0.1) is 0 Å². The van der Waals surface area contributed by atoms with Crippen LogP contribution in [0.15, 0.2) is 79.0 Å². The number of imidazole rings is 1. The molecule has 0 spiro atoms. The Kier molecular flexibility index (Phi) is 5.77. The summed E-state index contributed by atoms with van der Waals surface area (Å²) in [6, 6.07) is 23.2. The minimum Gasteiger partial charge on any atom is -0.383 e. The molecule has 9 heteroatoms. The van der Waals surface area contributed by atoms with Gasteiger partial charge in [0, 0.05) is 29.2 Å². The second-order valence-electron chi connectivity index (χ2n) is 10.1. The standard InChI is InChI=1S/C29H28N6O2S/c1-38(36,37)18-19-5-2-6-20(17-19)24-12-13-25-28(33-24)35(27(34-25)23-7-3-16-32-26(23)30)22-10-8-21(9-11-22)29(31)14-4-15-29/h2-3,5-13,16-17H,4,14-15,18,31H2,1H3,(H2,30,32). The van der Waals surface area contributed by atoms with Gasteiger partial charge in [0.25, 0.3) is 0 Å². The second-order valence-corrected chi connectivity index (χ2v) is 12.2. The number of benzene rings is 2. The van der Waals surface area contributed by atoms with E-state index in [1.807, 2.05) is 65.2 Å². The number of rotatable bonds is 6. The molecule has 2 aromatic carbocycles. The van der Waals surface area contributed by atoms with E-state index in [1.165, 1.54) is 6.26 Å². The van der Waals surface area contributed by atoms with Gasteiger partial charge in [0.05, 0.1) is 17.0 Å². The zero-order valence-electron chi connectivity index (χ0n) is 21.0. The maximum atomic E-state index is 11.8. The van der Waals surface area contributed by atoms with E-state index >= 15 is 0 Å². The van der Waals surface area contributed by atoms with E-state index in [9.17, 15) is 8.42 Å². The predicted octanol–water partition coefficient (Wildman–Crippen LogP) is 4.61. The first kappa shape index (κ1) is 24.3. The highest BCUT2D eigenvalue weighted by Gasteiger charge is 2.34. The van der Waals surface area contributed by atoms with E-state index < -0.39 is 9.84 Å². The van der Waals surface area contributed by atoms with E-state index in [-0.39, 0.29) is 11.3 Å². The number of nitrogens with two attached hydrogens (primary N) is 2. The molecular formula is C29H28N6O2S. The zero-order valence-corrected chi connectivity index (χ0v) is 21.8. The van der Waals surface area contributed by atoms with Gasteiger partial charge in [-0.3, -0.25) is 4.57 Å². The van der Waals surface area contributed by atoms with Gasteiger partial charge < -0.3 is 11.5 Å². The Morgan fingerprint density at radius 2 is 1.76 bits per heavy atom. The molecule has 0 saturated heterocycles. The molecule has 0 amide bonds. The van der Waals surface area contributed by atoms with Crippen molar-refractivity contribution in [2.24, 2.45) is 5.73 Å². The second kappa shape index (κ2) is 9.04. The van der Waals surface area contributed by atoms with E-state index in [0.717, 1.165) is 36.1 Å². The number of hydrogen-bond donors (Lipinski definition) is 2. The van der Waals surface area contributed by atoms with Crippen molar-refractivity contribution in [1.29, 1.82) is 0 Å². The molecule has 3 heterocycles. The molecule has 38 heavy (non-hydrogen) atoms. The Labute approximate surface area is 221 Å². The van der Waals surface area contributed by atoms with Gasteiger partial charge in [-0.1, -0.05) is 30.3 Å². The number of nitrogens with zero attached hydrogens (tertiary/aromatic N) is 4. The Hall–Kier alpha value is -4.08. The molecule has 1 fully saturated rings. The fourth-order valence-corrected chi connectivity index (χ4v) is 5.85. The summed E-state index contributed by atoms with van der Waals surface area (Å²) in [6.07, 6.45) is 6.01. The molecule has 5 aromatic rings. The molecule has 0 bridgehead atoms. The number of aromatic nitrogens is 4. The van der Waals surface area contributed by atoms with Crippen LogP contribution in [0.3, 0.4) is 0 Å². The van der Waals surface area contributed by atoms with Crippen molar-refractivity contribution >= 4 is 26.8 Å². The average Bonchev–Trinajstić information content (AvgIpc) is 3.25. The van der Waals surface area contributed by atoms with Gasteiger partial charge in [-0.15, -0.1) is 0 Å². The van der Waals surface area contributed by atoms with E-state index in [4.69, 9.17) is 21.4 Å². The van der Waals surface area contributed by atoms with Gasteiger partial charge in [0.2, 0.25) is 0 Å². The quantitative estimate of drug-likeness (QED) is 0.332. The lowest BCUT2D eigenvalue weighted by molar-refractivity contribution is 0.253. The van der Waals surface area contributed by atoms with E-state index in [1.54, 1.807) is 6.20 Å². The SMILES string of the molecule is CS(=O)(=O)Cc1cccc(-c2ccc3nc(-c4cccnc4N)n(-c4ccc(C5(N)CCC5)cc4)c3n2)c1. The number of sulfone groups is 1. The first-order valence-electron chi connectivity index (χ1n) is 12.5. The van der Waals surface area contributed by atoms with Gasteiger partial charge in [-0.25, -0.2) is 23.4 Å². The van der Waals surface area contributed by atoms with Crippen LogP contribution in [0.1, 0.15) is 30.4 Å². The Balaban J connectivity index is 1.52. The third-order valence-corrected chi connectivity index (χ3v) is 8.04. The van der Waals surface area contributed by atoms with Crippen LogP contribution in [0.25, 0.3) is 39.5 Å². The Morgan fingerprint density at radius 3 is 2.45 bits per heavy atom. The maximum Gasteiger partial charge on any atom is 0.165 e. The summed E-state index contributed by atoms with van der Waals surface area (Å²) in [5, 5.41) is 0. The minimum absolute atomic E-state index is 0.0273. The first-order valence-corrected chi connectivity index (χ1v) is 14.5. The molecule has 0 radical (unpaired) electrons. The predicted molar refractivity (Wildman–Crippen MR) is 150 cm³/mol. The summed E-state index contributed by atoms with van der Waals surface area (Å²) in [7, 11) is -3.16. The fourth-order valence-electron chi connectivity index (χ4n) is 5.06. The molecule has 192 valence electrons. The lowest BCUT2D eigenvalue weighted by atomic mass is 9.73. The molecule has 0 atom stereocenters. The minimum atomic E-state index is -3.16. The Bertz CT molecular complexity index is 1770. The summed E-state index contributed by atoms with van der Waals surface area (Å²) in [5.41, 5.74) is 18.9. The maximum absolute atomic E-state index is 11.8. The van der Waals surface area contributed by atoms with Crippen molar-refractivity contribution in [1.82, 2.24) is 19.5 Å². The normalized spacial score (nSPS) is 14.9.